The lowest BCUT2D eigenvalue weighted by Gasteiger charge is -2.08. The number of para-hydroxylation sites is 1. The van der Waals surface area contributed by atoms with Crippen molar-refractivity contribution in [3.63, 3.8) is 0 Å². The van der Waals surface area contributed by atoms with Gasteiger partial charge in [-0.05, 0) is 29.8 Å². The monoisotopic (exact) mass is 287 g/mol. The van der Waals surface area contributed by atoms with E-state index in [9.17, 15) is 14.9 Å². The van der Waals surface area contributed by atoms with Crippen molar-refractivity contribution in [3.05, 3.63) is 64.0 Å². The van der Waals surface area contributed by atoms with Crippen LogP contribution < -0.4 is 16.6 Å². The van der Waals surface area contributed by atoms with Crippen LogP contribution in [0.5, 0.6) is 0 Å². The Balaban J connectivity index is 2.21. The normalized spacial score (nSPS) is 9.95. The Morgan fingerprint density at radius 2 is 2.00 bits per heavy atom. The molecule has 8 nitrogen and oxygen atoms in total. The van der Waals surface area contributed by atoms with Gasteiger partial charge in [0.15, 0.2) is 0 Å². The van der Waals surface area contributed by atoms with Gasteiger partial charge in [0, 0.05) is 18.9 Å². The van der Waals surface area contributed by atoms with Gasteiger partial charge < -0.3 is 10.7 Å². The Hall–Kier alpha value is -3.00. The van der Waals surface area contributed by atoms with Crippen molar-refractivity contribution in [1.82, 2.24) is 10.3 Å². The molecule has 2 rings (SSSR count). The summed E-state index contributed by atoms with van der Waals surface area (Å²) in [7, 11) is 0. The quantitative estimate of drug-likeness (QED) is 0.431. The molecule has 1 aromatic heterocycles. The highest BCUT2D eigenvalue weighted by Gasteiger charge is 2.23. The van der Waals surface area contributed by atoms with Crippen molar-refractivity contribution in [3.8, 4) is 0 Å². The third kappa shape index (κ3) is 3.31. The van der Waals surface area contributed by atoms with E-state index >= 15 is 0 Å². The van der Waals surface area contributed by atoms with Crippen molar-refractivity contribution in [2.24, 2.45) is 5.84 Å². The van der Waals surface area contributed by atoms with E-state index in [-0.39, 0.29) is 23.5 Å². The van der Waals surface area contributed by atoms with Crippen molar-refractivity contribution >= 4 is 17.3 Å². The maximum atomic E-state index is 12.1. The Labute approximate surface area is 120 Å². The van der Waals surface area contributed by atoms with Gasteiger partial charge in [-0.15, -0.1) is 0 Å². The van der Waals surface area contributed by atoms with Crippen molar-refractivity contribution in [2.45, 2.75) is 6.54 Å². The molecular weight excluding hydrogens is 274 g/mol. The first-order valence-corrected chi connectivity index (χ1v) is 6.04. The number of hydrogen-bond acceptors (Lipinski definition) is 6. The number of nitrogens with zero attached hydrogens (tertiary/aromatic N) is 2. The number of nitrogen functional groups attached to an aromatic ring is 1. The molecule has 0 aliphatic rings. The minimum Gasteiger partial charge on any atom is -0.348 e. The second kappa shape index (κ2) is 6.44. The summed E-state index contributed by atoms with van der Waals surface area (Å²) in [6.45, 7) is 0.249. The molecule has 0 saturated carbocycles. The van der Waals surface area contributed by atoms with Crippen molar-refractivity contribution in [2.75, 3.05) is 5.43 Å². The summed E-state index contributed by atoms with van der Waals surface area (Å²) >= 11 is 0. The molecule has 0 bridgehead atoms. The number of nitro benzene ring substituents is 1. The number of nitro groups is 1. The number of benzene rings is 1. The predicted octanol–water partition coefficient (Wildman–Crippen LogP) is 1.21. The molecule has 0 aliphatic heterocycles. The van der Waals surface area contributed by atoms with Crippen LogP contribution in [0.25, 0.3) is 0 Å². The van der Waals surface area contributed by atoms with E-state index < -0.39 is 10.8 Å². The van der Waals surface area contributed by atoms with Crippen LogP contribution in [0.2, 0.25) is 0 Å². The summed E-state index contributed by atoms with van der Waals surface area (Å²) < 4.78 is 0. The van der Waals surface area contributed by atoms with Gasteiger partial charge in [-0.25, -0.2) is 0 Å². The highest BCUT2D eigenvalue weighted by molar-refractivity contribution is 6.00. The molecule has 21 heavy (non-hydrogen) atoms. The van der Waals surface area contributed by atoms with Gasteiger partial charge in [0.2, 0.25) is 0 Å². The number of aromatic nitrogens is 1. The fourth-order valence-electron chi connectivity index (χ4n) is 1.82. The standard InChI is InChI=1S/C13H13N5O3/c14-17-11-3-1-2-10(12(11)18(20)21)13(19)16-8-9-4-6-15-7-5-9/h1-7,17H,8,14H2,(H,16,19). The van der Waals surface area contributed by atoms with E-state index in [1.54, 1.807) is 24.5 Å². The third-order valence-electron chi connectivity index (χ3n) is 2.82. The lowest BCUT2D eigenvalue weighted by atomic mass is 10.1. The largest absolute Gasteiger partial charge is 0.348 e. The van der Waals surface area contributed by atoms with Crippen LogP contribution >= 0.6 is 0 Å². The number of hydrazine groups is 1. The highest BCUT2D eigenvalue weighted by atomic mass is 16.6. The first-order valence-electron chi connectivity index (χ1n) is 6.04. The second-order valence-electron chi connectivity index (χ2n) is 4.14. The summed E-state index contributed by atoms with van der Waals surface area (Å²) in [5, 5.41) is 13.7. The van der Waals surface area contributed by atoms with Crippen LogP contribution in [-0.2, 0) is 6.54 Å². The van der Waals surface area contributed by atoms with Gasteiger partial charge in [0.25, 0.3) is 5.91 Å². The lowest BCUT2D eigenvalue weighted by molar-refractivity contribution is -0.384. The topological polar surface area (TPSA) is 123 Å². The number of rotatable bonds is 5. The van der Waals surface area contributed by atoms with E-state index in [2.05, 4.69) is 15.7 Å². The van der Waals surface area contributed by atoms with Gasteiger partial charge in [-0.1, -0.05) is 6.07 Å². The molecule has 4 N–H and O–H groups in total. The number of carbonyl (C=O) groups is 1. The number of anilines is 1. The molecular formula is C13H13N5O3. The first kappa shape index (κ1) is 14.4. The number of hydrogen-bond donors (Lipinski definition) is 3. The number of carbonyl (C=O) groups excluding carboxylic acids is 1. The first-order chi connectivity index (χ1) is 10.1. The van der Waals surface area contributed by atoms with Gasteiger partial charge >= 0.3 is 5.69 Å². The van der Waals surface area contributed by atoms with Gasteiger partial charge in [0.1, 0.15) is 11.3 Å². The molecule has 0 spiro atoms. The predicted molar refractivity (Wildman–Crippen MR) is 76.3 cm³/mol. The van der Waals surface area contributed by atoms with Crippen LogP contribution in [-0.4, -0.2) is 15.8 Å². The molecule has 0 saturated heterocycles. The SMILES string of the molecule is NNc1cccc(C(=O)NCc2ccncc2)c1[N+](=O)[O-]. The lowest BCUT2D eigenvalue weighted by Crippen LogP contribution is -2.24. The van der Waals surface area contributed by atoms with E-state index in [1.165, 1.54) is 18.2 Å². The summed E-state index contributed by atoms with van der Waals surface area (Å²) in [5.74, 6) is 4.68. The molecule has 1 aromatic carbocycles. The molecule has 108 valence electrons. The van der Waals surface area contributed by atoms with Gasteiger partial charge in [-0.3, -0.25) is 25.7 Å². The zero-order valence-corrected chi connectivity index (χ0v) is 10.9. The molecule has 0 aliphatic carbocycles. The van der Waals surface area contributed by atoms with E-state index in [0.717, 1.165) is 5.56 Å². The third-order valence-corrected chi connectivity index (χ3v) is 2.82. The molecule has 0 atom stereocenters. The van der Waals surface area contributed by atoms with Crippen molar-refractivity contribution < 1.29 is 9.72 Å². The Bertz CT molecular complexity index is 660. The molecule has 0 radical (unpaired) electrons. The van der Waals surface area contributed by atoms with E-state index in [0.29, 0.717) is 0 Å². The summed E-state index contributed by atoms with van der Waals surface area (Å²) in [6.07, 6.45) is 3.20. The van der Waals surface area contributed by atoms with Crippen LogP contribution in [0.4, 0.5) is 11.4 Å². The fraction of sp³-hybridized carbons (Fsp3) is 0.0769. The molecule has 0 fully saturated rings. The average Bonchev–Trinajstić information content (AvgIpc) is 2.52. The zero-order chi connectivity index (χ0) is 15.2. The Morgan fingerprint density at radius 1 is 1.29 bits per heavy atom. The smallest absolute Gasteiger partial charge is 0.306 e. The minimum atomic E-state index is -0.642. The van der Waals surface area contributed by atoms with Crippen LogP contribution in [0, 0.1) is 10.1 Å². The second-order valence-corrected chi connectivity index (χ2v) is 4.14. The van der Waals surface area contributed by atoms with Crippen LogP contribution in [0.3, 0.4) is 0 Å². The minimum absolute atomic E-state index is 0.0514. The van der Waals surface area contributed by atoms with Crippen LogP contribution in [0.1, 0.15) is 15.9 Å². The molecule has 0 unspecified atom stereocenters. The van der Waals surface area contributed by atoms with E-state index in [1.807, 2.05) is 0 Å². The molecule has 1 amide bonds. The Kier molecular flexibility index (Phi) is 4.42. The molecule has 8 heteroatoms. The average molecular weight is 287 g/mol. The van der Waals surface area contributed by atoms with E-state index in [4.69, 9.17) is 5.84 Å². The fourth-order valence-corrected chi connectivity index (χ4v) is 1.82. The maximum absolute atomic E-state index is 12.1. The Morgan fingerprint density at radius 3 is 2.62 bits per heavy atom. The zero-order valence-electron chi connectivity index (χ0n) is 10.9. The van der Waals surface area contributed by atoms with Gasteiger partial charge in [-0.2, -0.15) is 0 Å². The van der Waals surface area contributed by atoms with Gasteiger partial charge in [0.05, 0.1) is 4.92 Å². The number of pyridine rings is 1. The summed E-state index contributed by atoms with van der Waals surface area (Å²) in [5.41, 5.74) is 2.73. The maximum Gasteiger partial charge on any atom is 0.306 e. The summed E-state index contributed by atoms with van der Waals surface area (Å²) in [6, 6.07) is 7.81. The van der Waals surface area contributed by atoms with Crippen molar-refractivity contribution in [1.29, 1.82) is 0 Å². The molecule has 2 aromatic rings. The number of nitrogens with one attached hydrogen (secondary N) is 2. The molecule has 1 heterocycles. The number of amides is 1. The number of nitrogens with two attached hydrogens (primary N) is 1. The summed E-state index contributed by atoms with van der Waals surface area (Å²) in [4.78, 5) is 26.4. The highest BCUT2D eigenvalue weighted by Crippen LogP contribution is 2.27. The van der Waals surface area contributed by atoms with Crippen LogP contribution in [0.15, 0.2) is 42.7 Å².